The van der Waals surface area contributed by atoms with E-state index in [2.05, 4.69) is 87.2 Å². The summed E-state index contributed by atoms with van der Waals surface area (Å²) >= 11 is 0. The van der Waals surface area contributed by atoms with Crippen molar-refractivity contribution in [3.8, 4) is 5.75 Å². The molecule has 1 N–H and O–H groups in total. The highest BCUT2D eigenvalue weighted by molar-refractivity contribution is 6.11. The minimum absolute atomic E-state index is 0.680. The zero-order valence-corrected chi connectivity index (χ0v) is 21.6. The van der Waals surface area contributed by atoms with E-state index in [0.29, 0.717) is 6.61 Å². The number of furan rings is 1. The summed E-state index contributed by atoms with van der Waals surface area (Å²) in [6.07, 6.45) is 1.09. The quantitative estimate of drug-likeness (QED) is 0.197. The molecule has 0 spiro atoms. The summed E-state index contributed by atoms with van der Waals surface area (Å²) in [6.45, 7) is 10.2. The number of nitrogens with zero attached hydrogens (tertiary/aromatic N) is 3. The maximum atomic E-state index is 6.45. The van der Waals surface area contributed by atoms with Crippen molar-refractivity contribution in [3.63, 3.8) is 0 Å². The van der Waals surface area contributed by atoms with Gasteiger partial charge in [-0.05, 0) is 50.3 Å². The summed E-state index contributed by atoms with van der Waals surface area (Å²) in [4.78, 5) is 2.46. The van der Waals surface area contributed by atoms with Crippen molar-refractivity contribution in [1.82, 2.24) is 4.90 Å². The lowest BCUT2D eigenvalue weighted by atomic mass is 10.1. The zero-order chi connectivity index (χ0) is 24.3. The number of aromatic nitrogens is 1. The Kier molecular flexibility index (Phi) is 7.29. The molecule has 2 aromatic heterocycles. The highest BCUT2D eigenvalue weighted by Gasteiger charge is 2.24. The molecule has 182 valence electrons. The molecule has 2 aromatic carbocycles. The zero-order valence-electron chi connectivity index (χ0n) is 21.6. The monoisotopic (exact) mass is 464 g/mol. The van der Waals surface area contributed by atoms with Crippen LogP contribution in [-0.4, -0.2) is 69.9 Å². The number of benzene rings is 2. The number of ether oxygens (including phenoxy) is 1. The summed E-state index contributed by atoms with van der Waals surface area (Å²) in [5.74, 6) is 0.880. The standard InChI is InChI=1S/C28H39N4O2/c1-7-31(8-2)17-11-16-29-26-22-12-9-10-13-24(22)30(3)27-23-20-21(33-19-18-32(4,5)6)14-15-25(23)34-28(26)27/h9-10,12-15,20H,7-8,11,16-19H2,1-6H3/q+1/p+1. The third-order valence-corrected chi connectivity index (χ3v) is 6.61. The average Bonchev–Trinajstić information content (AvgIpc) is 3.19. The predicted octanol–water partition coefficient (Wildman–Crippen LogP) is 4.79. The van der Waals surface area contributed by atoms with E-state index in [1.807, 2.05) is 12.1 Å². The molecule has 0 fully saturated rings. The number of anilines is 1. The van der Waals surface area contributed by atoms with E-state index in [4.69, 9.17) is 9.15 Å². The van der Waals surface area contributed by atoms with E-state index in [-0.39, 0.29) is 0 Å². The van der Waals surface area contributed by atoms with Crippen LogP contribution in [0, 0.1) is 0 Å². The number of para-hydroxylation sites is 1. The molecule has 0 bridgehead atoms. The van der Waals surface area contributed by atoms with Crippen LogP contribution in [0.1, 0.15) is 20.3 Å². The lowest BCUT2D eigenvalue weighted by molar-refractivity contribution is -0.870. The van der Waals surface area contributed by atoms with Gasteiger partial charge in [-0.2, -0.15) is 4.57 Å². The molecule has 6 nitrogen and oxygen atoms in total. The Morgan fingerprint density at radius 1 is 1.03 bits per heavy atom. The summed E-state index contributed by atoms with van der Waals surface area (Å²) < 4.78 is 15.7. The van der Waals surface area contributed by atoms with Crippen molar-refractivity contribution in [3.05, 3.63) is 42.5 Å². The number of quaternary nitrogens is 1. The number of nitrogens with one attached hydrogen (secondary N) is 1. The van der Waals surface area contributed by atoms with Gasteiger partial charge in [-0.1, -0.05) is 26.0 Å². The van der Waals surface area contributed by atoms with Gasteiger partial charge >= 0.3 is 0 Å². The SMILES string of the molecule is CCN(CC)CCCNc1c2ccccc2[n+](C)c2c1oc1ccc(OCC[N+](C)(C)C)cc12. The van der Waals surface area contributed by atoms with Crippen molar-refractivity contribution < 1.29 is 18.2 Å². The predicted molar refractivity (Wildman–Crippen MR) is 142 cm³/mol. The molecule has 0 saturated heterocycles. The maximum absolute atomic E-state index is 6.45. The summed E-state index contributed by atoms with van der Waals surface area (Å²) in [5.41, 5.74) is 5.14. The van der Waals surface area contributed by atoms with Gasteiger partial charge in [0.25, 0.3) is 5.52 Å². The second-order valence-electron chi connectivity index (χ2n) is 10.1. The molecule has 0 saturated carbocycles. The molecule has 0 amide bonds. The molecule has 0 unspecified atom stereocenters. The first-order valence-electron chi connectivity index (χ1n) is 12.5. The summed E-state index contributed by atoms with van der Waals surface area (Å²) in [7, 11) is 8.65. The van der Waals surface area contributed by atoms with Gasteiger partial charge < -0.3 is 23.9 Å². The van der Waals surface area contributed by atoms with Gasteiger partial charge in [0.05, 0.1) is 37.6 Å². The third-order valence-electron chi connectivity index (χ3n) is 6.61. The first-order valence-corrected chi connectivity index (χ1v) is 12.5. The van der Waals surface area contributed by atoms with Crippen molar-refractivity contribution in [2.45, 2.75) is 20.3 Å². The Labute approximate surface area is 203 Å². The molecule has 0 atom stereocenters. The van der Waals surface area contributed by atoms with E-state index in [0.717, 1.165) is 77.1 Å². The van der Waals surface area contributed by atoms with Crippen LogP contribution in [0.2, 0.25) is 0 Å². The molecule has 6 heteroatoms. The highest BCUT2D eigenvalue weighted by Crippen LogP contribution is 2.37. The second kappa shape index (κ2) is 10.2. The number of fused-ring (bicyclic) bond motifs is 4. The van der Waals surface area contributed by atoms with E-state index in [9.17, 15) is 0 Å². The topological polar surface area (TPSA) is 41.5 Å². The first-order chi connectivity index (χ1) is 16.3. The van der Waals surface area contributed by atoms with Crippen LogP contribution in [0.5, 0.6) is 5.75 Å². The molecule has 0 aliphatic rings. The molecular formula is C28H40N4O2+2. The highest BCUT2D eigenvalue weighted by atomic mass is 16.5. The van der Waals surface area contributed by atoms with Crippen LogP contribution in [-0.2, 0) is 7.05 Å². The van der Waals surface area contributed by atoms with E-state index < -0.39 is 0 Å². The Morgan fingerprint density at radius 2 is 1.79 bits per heavy atom. The Bertz CT molecular complexity index is 1270. The van der Waals surface area contributed by atoms with Crippen LogP contribution in [0.25, 0.3) is 33.0 Å². The van der Waals surface area contributed by atoms with Gasteiger partial charge in [0.1, 0.15) is 31.5 Å². The van der Waals surface area contributed by atoms with E-state index in [1.165, 1.54) is 10.9 Å². The molecule has 0 aliphatic carbocycles. The summed E-state index contributed by atoms with van der Waals surface area (Å²) in [5, 5.41) is 5.98. The van der Waals surface area contributed by atoms with Gasteiger partial charge in [-0.15, -0.1) is 0 Å². The van der Waals surface area contributed by atoms with Crippen LogP contribution < -0.4 is 14.6 Å². The van der Waals surface area contributed by atoms with Crippen LogP contribution >= 0.6 is 0 Å². The fourth-order valence-electron chi connectivity index (χ4n) is 4.55. The van der Waals surface area contributed by atoms with E-state index >= 15 is 0 Å². The Hall–Kier alpha value is -2.83. The van der Waals surface area contributed by atoms with Crippen molar-refractivity contribution >= 4 is 38.7 Å². The van der Waals surface area contributed by atoms with Crippen molar-refractivity contribution in [1.29, 1.82) is 0 Å². The largest absolute Gasteiger partial charge is 0.488 e. The smallest absolute Gasteiger partial charge is 0.261 e. The number of hydrogen-bond donors (Lipinski definition) is 1. The molecule has 4 aromatic rings. The average molecular weight is 465 g/mol. The van der Waals surface area contributed by atoms with Crippen LogP contribution in [0.4, 0.5) is 5.69 Å². The molecule has 0 radical (unpaired) electrons. The number of hydrogen-bond acceptors (Lipinski definition) is 4. The van der Waals surface area contributed by atoms with Crippen molar-refractivity contribution in [2.24, 2.45) is 7.05 Å². The lowest BCUT2D eigenvalue weighted by Gasteiger charge is -2.23. The lowest BCUT2D eigenvalue weighted by Crippen LogP contribution is -2.38. The Morgan fingerprint density at radius 3 is 2.53 bits per heavy atom. The van der Waals surface area contributed by atoms with Crippen molar-refractivity contribution in [2.75, 3.05) is 65.8 Å². The molecule has 34 heavy (non-hydrogen) atoms. The number of pyridine rings is 1. The molecule has 0 aliphatic heterocycles. The molecule has 4 rings (SSSR count). The van der Waals surface area contributed by atoms with Crippen LogP contribution in [0.15, 0.2) is 46.9 Å². The minimum Gasteiger partial charge on any atom is -0.488 e. The van der Waals surface area contributed by atoms with Gasteiger partial charge in [-0.25, -0.2) is 0 Å². The fraction of sp³-hybridized carbons (Fsp3) is 0.464. The van der Waals surface area contributed by atoms with E-state index in [1.54, 1.807) is 0 Å². The number of rotatable bonds is 11. The second-order valence-corrected chi connectivity index (χ2v) is 10.1. The van der Waals surface area contributed by atoms with Gasteiger partial charge in [0, 0.05) is 12.6 Å². The molecule has 2 heterocycles. The first kappa shape index (κ1) is 24.3. The third kappa shape index (κ3) is 5.13. The van der Waals surface area contributed by atoms with Crippen LogP contribution in [0.3, 0.4) is 0 Å². The summed E-state index contributed by atoms with van der Waals surface area (Å²) in [6, 6.07) is 14.7. The molecular weight excluding hydrogens is 424 g/mol. The fourth-order valence-corrected chi connectivity index (χ4v) is 4.55. The Balaban J connectivity index is 1.71. The van der Waals surface area contributed by atoms with Gasteiger partial charge in [-0.3, -0.25) is 0 Å². The minimum atomic E-state index is 0.680. The number of likely N-dealkylation sites (N-methyl/N-ethyl adjacent to an activating group) is 1. The normalized spacial score (nSPS) is 12.3. The maximum Gasteiger partial charge on any atom is 0.261 e. The van der Waals surface area contributed by atoms with Gasteiger partial charge in [0.2, 0.25) is 11.1 Å². The van der Waals surface area contributed by atoms with Gasteiger partial charge in [0.15, 0.2) is 0 Å². The number of aryl methyl sites for hydroxylation is 1.